The van der Waals surface area contributed by atoms with Gasteiger partial charge in [0.05, 0.1) is 25.0 Å². The molecule has 2 rings (SSSR count). The van der Waals surface area contributed by atoms with Crippen molar-refractivity contribution in [2.45, 2.75) is 6.92 Å². The summed E-state index contributed by atoms with van der Waals surface area (Å²) in [6.45, 7) is 2.37. The Labute approximate surface area is 144 Å². The van der Waals surface area contributed by atoms with Crippen molar-refractivity contribution in [3.05, 3.63) is 52.5 Å². The van der Waals surface area contributed by atoms with Crippen molar-refractivity contribution < 1.29 is 19.4 Å². The van der Waals surface area contributed by atoms with E-state index in [2.05, 4.69) is 10.5 Å². The van der Waals surface area contributed by atoms with Crippen molar-refractivity contribution in [3.63, 3.8) is 0 Å². The number of benzene rings is 2. The lowest BCUT2D eigenvalue weighted by Gasteiger charge is -2.10. The largest absolute Gasteiger partial charge is 0.506 e. The van der Waals surface area contributed by atoms with Crippen LogP contribution < -0.4 is 14.9 Å². The molecule has 0 aliphatic heterocycles. The van der Waals surface area contributed by atoms with E-state index >= 15 is 0 Å². The molecule has 0 atom stereocenters. The first-order chi connectivity index (χ1) is 11.5. The van der Waals surface area contributed by atoms with Crippen LogP contribution >= 0.6 is 11.6 Å². The van der Waals surface area contributed by atoms with Crippen LogP contribution in [0, 0.1) is 0 Å². The molecule has 0 aliphatic carbocycles. The van der Waals surface area contributed by atoms with Gasteiger partial charge in [-0.05, 0) is 48.9 Å². The predicted octanol–water partition coefficient (Wildman–Crippen LogP) is 3.22. The fraction of sp³-hybridized carbons (Fsp3) is 0.176. The summed E-state index contributed by atoms with van der Waals surface area (Å²) < 4.78 is 10.6. The van der Waals surface area contributed by atoms with E-state index < -0.39 is 5.91 Å². The molecule has 2 aromatic carbocycles. The van der Waals surface area contributed by atoms with Gasteiger partial charge in [-0.3, -0.25) is 4.79 Å². The zero-order chi connectivity index (χ0) is 17.5. The number of rotatable bonds is 6. The molecular formula is C17H17ClN2O4. The molecule has 24 heavy (non-hydrogen) atoms. The summed E-state index contributed by atoms with van der Waals surface area (Å²) in [7, 11) is 1.51. The SMILES string of the molecule is CCOc1ccc(C(=O)N/N=C/c2ccc(O)c(Cl)c2)cc1OC. The molecule has 0 spiro atoms. The third-order valence-electron chi connectivity index (χ3n) is 3.08. The lowest BCUT2D eigenvalue weighted by atomic mass is 10.2. The van der Waals surface area contributed by atoms with Crippen LogP contribution in [0.3, 0.4) is 0 Å². The van der Waals surface area contributed by atoms with Crippen LogP contribution in [0.25, 0.3) is 0 Å². The lowest BCUT2D eigenvalue weighted by Crippen LogP contribution is -2.17. The fourth-order valence-electron chi connectivity index (χ4n) is 1.92. The molecule has 6 nitrogen and oxygen atoms in total. The first-order valence-corrected chi connectivity index (χ1v) is 7.55. The number of halogens is 1. The van der Waals surface area contributed by atoms with Gasteiger partial charge in [-0.15, -0.1) is 0 Å². The highest BCUT2D eigenvalue weighted by Crippen LogP contribution is 2.28. The molecule has 0 radical (unpaired) electrons. The smallest absolute Gasteiger partial charge is 0.271 e. The van der Waals surface area contributed by atoms with Crippen LogP contribution in [-0.4, -0.2) is 30.9 Å². The van der Waals surface area contributed by atoms with Crippen LogP contribution in [-0.2, 0) is 0 Å². The van der Waals surface area contributed by atoms with Crippen molar-refractivity contribution in [3.8, 4) is 17.2 Å². The van der Waals surface area contributed by atoms with E-state index in [-0.39, 0.29) is 10.8 Å². The van der Waals surface area contributed by atoms with E-state index in [1.54, 1.807) is 24.3 Å². The number of amides is 1. The number of carbonyl (C=O) groups is 1. The number of nitrogens with zero attached hydrogens (tertiary/aromatic N) is 1. The molecule has 0 unspecified atom stereocenters. The Bertz CT molecular complexity index is 762. The van der Waals surface area contributed by atoms with E-state index in [0.29, 0.717) is 29.2 Å². The van der Waals surface area contributed by atoms with E-state index in [1.807, 2.05) is 6.92 Å². The summed E-state index contributed by atoms with van der Waals surface area (Å²) >= 11 is 5.80. The molecular weight excluding hydrogens is 332 g/mol. The first kappa shape index (κ1) is 17.6. The predicted molar refractivity (Wildman–Crippen MR) is 92.3 cm³/mol. The summed E-state index contributed by atoms with van der Waals surface area (Å²) in [4.78, 5) is 12.1. The van der Waals surface area contributed by atoms with Gasteiger partial charge in [-0.25, -0.2) is 5.43 Å². The topological polar surface area (TPSA) is 80.2 Å². The molecule has 0 aliphatic rings. The number of carbonyl (C=O) groups excluding carboxylic acids is 1. The maximum absolute atomic E-state index is 12.1. The number of aromatic hydroxyl groups is 1. The molecule has 0 bridgehead atoms. The number of ether oxygens (including phenoxy) is 2. The average molecular weight is 349 g/mol. The van der Waals surface area contributed by atoms with Crippen molar-refractivity contribution in [1.82, 2.24) is 5.43 Å². The molecule has 126 valence electrons. The Morgan fingerprint density at radius 2 is 2.08 bits per heavy atom. The van der Waals surface area contributed by atoms with Gasteiger partial charge in [0.2, 0.25) is 0 Å². The molecule has 2 aromatic rings. The standard InChI is InChI=1S/C17H17ClN2O4/c1-3-24-15-7-5-12(9-16(15)23-2)17(22)20-19-10-11-4-6-14(21)13(18)8-11/h4-10,21H,3H2,1-2H3,(H,20,22)/b19-10+. The highest BCUT2D eigenvalue weighted by molar-refractivity contribution is 6.32. The van der Waals surface area contributed by atoms with Gasteiger partial charge in [0.1, 0.15) is 5.75 Å². The van der Waals surface area contributed by atoms with Crippen molar-refractivity contribution >= 4 is 23.7 Å². The second kappa shape index (κ2) is 8.21. The minimum Gasteiger partial charge on any atom is -0.506 e. The summed E-state index contributed by atoms with van der Waals surface area (Å²) in [6.07, 6.45) is 1.43. The minimum atomic E-state index is -0.391. The maximum atomic E-state index is 12.1. The van der Waals surface area contributed by atoms with Gasteiger partial charge in [0.25, 0.3) is 5.91 Å². The molecule has 0 heterocycles. The minimum absolute atomic E-state index is 0.0145. The van der Waals surface area contributed by atoms with Gasteiger partial charge in [-0.2, -0.15) is 5.10 Å². The summed E-state index contributed by atoms with van der Waals surface area (Å²) in [5.41, 5.74) is 3.44. The Morgan fingerprint density at radius 3 is 2.75 bits per heavy atom. The second-order valence-electron chi connectivity index (χ2n) is 4.71. The van der Waals surface area contributed by atoms with Crippen LogP contribution in [0.1, 0.15) is 22.8 Å². The Balaban J connectivity index is 2.06. The van der Waals surface area contributed by atoms with Gasteiger partial charge < -0.3 is 14.6 Å². The number of hydrazone groups is 1. The van der Waals surface area contributed by atoms with Crippen molar-refractivity contribution in [1.29, 1.82) is 0 Å². The fourth-order valence-corrected chi connectivity index (χ4v) is 2.11. The Kier molecular flexibility index (Phi) is 6.03. The quantitative estimate of drug-likeness (QED) is 0.620. The number of nitrogens with one attached hydrogen (secondary N) is 1. The van der Waals surface area contributed by atoms with E-state index in [4.69, 9.17) is 21.1 Å². The molecule has 0 fully saturated rings. The monoisotopic (exact) mass is 348 g/mol. The third kappa shape index (κ3) is 4.39. The van der Waals surface area contributed by atoms with Crippen molar-refractivity contribution in [2.24, 2.45) is 5.10 Å². The number of phenolic OH excluding ortho intramolecular Hbond substituents is 1. The van der Waals surface area contributed by atoms with Gasteiger partial charge in [0, 0.05) is 5.56 Å². The van der Waals surface area contributed by atoms with E-state index in [9.17, 15) is 9.90 Å². The molecule has 1 amide bonds. The summed E-state index contributed by atoms with van der Waals surface area (Å²) in [5, 5.41) is 13.4. The normalized spacial score (nSPS) is 10.6. The zero-order valence-electron chi connectivity index (χ0n) is 13.2. The summed E-state index contributed by atoms with van der Waals surface area (Å²) in [6, 6.07) is 9.47. The molecule has 0 saturated carbocycles. The summed E-state index contributed by atoms with van der Waals surface area (Å²) in [5.74, 6) is 0.634. The molecule has 2 N–H and O–H groups in total. The number of methoxy groups -OCH3 is 1. The van der Waals surface area contributed by atoms with E-state index in [1.165, 1.54) is 25.5 Å². The highest BCUT2D eigenvalue weighted by Gasteiger charge is 2.10. The average Bonchev–Trinajstić information content (AvgIpc) is 2.58. The van der Waals surface area contributed by atoms with Crippen molar-refractivity contribution in [2.75, 3.05) is 13.7 Å². The molecule has 0 saturated heterocycles. The van der Waals surface area contributed by atoms with Gasteiger partial charge in [-0.1, -0.05) is 11.6 Å². The zero-order valence-corrected chi connectivity index (χ0v) is 14.0. The maximum Gasteiger partial charge on any atom is 0.271 e. The second-order valence-corrected chi connectivity index (χ2v) is 5.12. The van der Waals surface area contributed by atoms with Gasteiger partial charge in [0.15, 0.2) is 11.5 Å². The van der Waals surface area contributed by atoms with Crippen LogP contribution in [0.2, 0.25) is 5.02 Å². The highest BCUT2D eigenvalue weighted by atomic mass is 35.5. The molecule has 0 aromatic heterocycles. The lowest BCUT2D eigenvalue weighted by molar-refractivity contribution is 0.0954. The molecule has 7 heteroatoms. The van der Waals surface area contributed by atoms with E-state index in [0.717, 1.165) is 0 Å². The Hall–Kier alpha value is -2.73. The van der Waals surface area contributed by atoms with Gasteiger partial charge >= 0.3 is 0 Å². The number of hydrogen-bond donors (Lipinski definition) is 2. The Morgan fingerprint density at radius 1 is 1.29 bits per heavy atom. The van der Waals surface area contributed by atoms with Crippen LogP contribution in [0.5, 0.6) is 17.2 Å². The first-order valence-electron chi connectivity index (χ1n) is 7.18. The van der Waals surface area contributed by atoms with Crippen LogP contribution in [0.4, 0.5) is 0 Å². The van der Waals surface area contributed by atoms with Crippen LogP contribution in [0.15, 0.2) is 41.5 Å². The number of hydrogen-bond acceptors (Lipinski definition) is 5. The third-order valence-corrected chi connectivity index (χ3v) is 3.38. The number of phenols is 1.